The lowest BCUT2D eigenvalue weighted by atomic mass is 9.63. The summed E-state index contributed by atoms with van der Waals surface area (Å²) in [6, 6.07) is 12.6. The van der Waals surface area contributed by atoms with Crippen LogP contribution in [-0.2, 0) is 16.0 Å². The largest absolute Gasteiger partial charge is 0.322 e. The first-order valence-electron chi connectivity index (χ1n) is 11.2. The number of amides is 3. The van der Waals surface area contributed by atoms with Gasteiger partial charge in [-0.05, 0) is 84.5 Å². The van der Waals surface area contributed by atoms with Gasteiger partial charge in [0.1, 0.15) is 0 Å². The van der Waals surface area contributed by atoms with E-state index >= 15 is 0 Å². The number of nitrogens with zero attached hydrogens (tertiary/aromatic N) is 1. The lowest BCUT2D eigenvalue weighted by Crippen LogP contribution is -2.40. The van der Waals surface area contributed by atoms with Gasteiger partial charge in [0.05, 0.1) is 17.5 Å². The molecule has 1 aliphatic heterocycles. The molecule has 5 nitrogen and oxygen atoms in total. The Balaban J connectivity index is 1.22. The van der Waals surface area contributed by atoms with Crippen molar-refractivity contribution in [3.8, 4) is 0 Å². The summed E-state index contributed by atoms with van der Waals surface area (Å²) in [4.78, 5) is 40.7. The minimum atomic E-state index is -0.219. The number of anilines is 2. The average Bonchev–Trinajstić information content (AvgIpc) is 3.58. The quantitative estimate of drug-likeness (QED) is 0.493. The fourth-order valence-corrected chi connectivity index (χ4v) is 6.55. The monoisotopic (exact) mass is 490 g/mol. The predicted molar refractivity (Wildman–Crippen MR) is 125 cm³/mol. The lowest BCUT2D eigenvalue weighted by Gasteiger charge is -2.37. The Bertz CT molecular complexity index is 1150. The van der Waals surface area contributed by atoms with Crippen molar-refractivity contribution in [3.05, 3.63) is 70.2 Å². The molecule has 2 saturated carbocycles. The molecule has 2 aromatic rings. The van der Waals surface area contributed by atoms with Gasteiger partial charge in [-0.1, -0.05) is 35.0 Å². The number of carbonyl (C=O) groups is 3. The summed E-state index contributed by atoms with van der Waals surface area (Å²) < 4.78 is 0.971. The zero-order valence-electron chi connectivity index (χ0n) is 17.6. The summed E-state index contributed by atoms with van der Waals surface area (Å²) in [6.45, 7) is 2.04. The zero-order chi connectivity index (χ0) is 22.1. The van der Waals surface area contributed by atoms with Crippen molar-refractivity contribution in [2.45, 2.75) is 19.8 Å². The highest BCUT2D eigenvalue weighted by Gasteiger charge is 2.67. The Morgan fingerprint density at radius 3 is 2.22 bits per heavy atom. The third-order valence-electron chi connectivity index (χ3n) is 7.75. The second-order valence-corrected chi connectivity index (χ2v) is 10.2. The van der Waals surface area contributed by atoms with Crippen LogP contribution in [0.1, 0.15) is 29.3 Å². The number of halogens is 1. The Hall–Kier alpha value is -2.73. The highest BCUT2D eigenvalue weighted by atomic mass is 79.9. The van der Waals surface area contributed by atoms with Gasteiger partial charge in [-0.25, -0.2) is 0 Å². The average molecular weight is 491 g/mol. The SMILES string of the molecule is CCc1cc(Br)ccc1NC(=O)c1ccc(N2C(=O)[C@@H]3[C@H]4C=C[C@@H]([C@@H]5C[C@H]45)[C@H]3C2=O)cc1. The standard InChI is InChI=1S/C26H23BrN2O3/c1-2-13-11-15(27)5-10-21(13)28-24(30)14-3-6-16(7-4-14)29-25(31)22-17-8-9-18(20-12-19(17)20)23(22)26(29)32/h3-11,17-20,22-23H,2,12H2,1H3,(H,28,30)/t17-,18-,19-,20+,22+,23+/m0/s1. The van der Waals surface area contributed by atoms with Crippen LogP contribution in [0.5, 0.6) is 0 Å². The van der Waals surface area contributed by atoms with E-state index in [0.717, 1.165) is 28.6 Å². The van der Waals surface area contributed by atoms with Gasteiger partial charge in [-0.15, -0.1) is 0 Å². The molecule has 162 valence electrons. The number of imide groups is 1. The molecule has 1 saturated heterocycles. The molecule has 0 spiro atoms. The summed E-state index contributed by atoms with van der Waals surface area (Å²) in [5.41, 5.74) is 2.86. The van der Waals surface area contributed by atoms with Crippen molar-refractivity contribution in [2.75, 3.05) is 10.2 Å². The van der Waals surface area contributed by atoms with Crippen LogP contribution in [0, 0.1) is 35.5 Å². The van der Waals surface area contributed by atoms with Gasteiger partial charge in [-0.3, -0.25) is 19.3 Å². The second-order valence-electron chi connectivity index (χ2n) is 9.32. The summed E-state index contributed by atoms with van der Waals surface area (Å²) in [6.07, 6.45) is 6.30. The minimum absolute atomic E-state index is 0.0793. The van der Waals surface area contributed by atoms with E-state index in [1.54, 1.807) is 24.3 Å². The summed E-state index contributed by atoms with van der Waals surface area (Å²) in [5.74, 6) is 0.780. The predicted octanol–water partition coefficient (Wildman–Crippen LogP) is 4.82. The molecule has 7 rings (SSSR count). The third-order valence-corrected chi connectivity index (χ3v) is 8.24. The van der Waals surface area contributed by atoms with E-state index in [4.69, 9.17) is 0 Å². The number of hydrogen-bond acceptors (Lipinski definition) is 3. The van der Waals surface area contributed by atoms with Crippen molar-refractivity contribution in [3.63, 3.8) is 0 Å². The van der Waals surface area contributed by atoms with Crippen LogP contribution in [0.2, 0.25) is 0 Å². The van der Waals surface area contributed by atoms with E-state index in [9.17, 15) is 14.4 Å². The Morgan fingerprint density at radius 2 is 1.62 bits per heavy atom. The number of rotatable bonds is 4. The van der Waals surface area contributed by atoms with Gasteiger partial charge in [0.15, 0.2) is 0 Å². The fraction of sp³-hybridized carbons (Fsp3) is 0.346. The van der Waals surface area contributed by atoms with Crippen LogP contribution in [0.4, 0.5) is 11.4 Å². The van der Waals surface area contributed by atoms with E-state index in [-0.39, 0.29) is 41.4 Å². The molecule has 1 heterocycles. The smallest absolute Gasteiger partial charge is 0.255 e. The van der Waals surface area contributed by atoms with E-state index in [1.165, 1.54) is 4.90 Å². The molecule has 3 amide bonds. The fourth-order valence-electron chi connectivity index (χ4n) is 6.14. The molecule has 2 aromatic carbocycles. The summed E-state index contributed by atoms with van der Waals surface area (Å²) in [5, 5.41) is 2.97. The van der Waals surface area contributed by atoms with Crippen molar-refractivity contribution < 1.29 is 14.4 Å². The molecule has 0 radical (unpaired) electrons. The van der Waals surface area contributed by atoms with Gasteiger partial charge < -0.3 is 5.32 Å². The van der Waals surface area contributed by atoms with Gasteiger partial charge >= 0.3 is 0 Å². The van der Waals surface area contributed by atoms with Crippen LogP contribution in [-0.4, -0.2) is 17.7 Å². The van der Waals surface area contributed by atoms with Gasteiger partial charge in [0, 0.05) is 15.7 Å². The van der Waals surface area contributed by atoms with Crippen LogP contribution >= 0.6 is 15.9 Å². The number of aryl methyl sites for hydroxylation is 1. The molecular formula is C26H23BrN2O3. The number of hydrogen-bond donors (Lipinski definition) is 1. The molecule has 1 N–H and O–H groups in total. The molecule has 5 aliphatic rings. The lowest BCUT2D eigenvalue weighted by molar-refractivity contribution is -0.124. The first-order chi connectivity index (χ1) is 15.5. The normalized spacial score (nSPS) is 31.5. The zero-order valence-corrected chi connectivity index (χ0v) is 19.2. The summed E-state index contributed by atoms with van der Waals surface area (Å²) in [7, 11) is 0. The van der Waals surface area contributed by atoms with E-state index in [0.29, 0.717) is 23.1 Å². The van der Waals surface area contributed by atoms with Crippen molar-refractivity contribution in [1.82, 2.24) is 0 Å². The second kappa shape index (κ2) is 7.14. The third kappa shape index (κ3) is 2.85. The molecule has 6 atom stereocenters. The molecule has 0 unspecified atom stereocenters. The highest BCUT2D eigenvalue weighted by molar-refractivity contribution is 9.10. The van der Waals surface area contributed by atoms with Crippen molar-refractivity contribution >= 4 is 45.0 Å². The molecule has 6 heteroatoms. The molecule has 0 aromatic heterocycles. The molecule has 3 fully saturated rings. The molecule has 32 heavy (non-hydrogen) atoms. The minimum Gasteiger partial charge on any atom is -0.322 e. The molecular weight excluding hydrogens is 468 g/mol. The topological polar surface area (TPSA) is 66.5 Å². The number of allylic oxidation sites excluding steroid dienone is 2. The van der Waals surface area contributed by atoms with Gasteiger partial charge in [0.2, 0.25) is 11.8 Å². The van der Waals surface area contributed by atoms with Crippen LogP contribution in [0.3, 0.4) is 0 Å². The van der Waals surface area contributed by atoms with Crippen molar-refractivity contribution in [1.29, 1.82) is 0 Å². The van der Waals surface area contributed by atoms with Gasteiger partial charge in [-0.2, -0.15) is 0 Å². The highest BCUT2D eigenvalue weighted by Crippen LogP contribution is 2.65. The number of nitrogens with one attached hydrogen (secondary N) is 1. The maximum absolute atomic E-state index is 13.3. The number of benzene rings is 2. The Kier molecular flexibility index (Phi) is 4.44. The Morgan fingerprint density at radius 1 is 1.00 bits per heavy atom. The van der Waals surface area contributed by atoms with E-state index < -0.39 is 0 Å². The molecule has 4 aliphatic carbocycles. The maximum atomic E-state index is 13.3. The number of carbonyl (C=O) groups excluding carboxylic acids is 3. The van der Waals surface area contributed by atoms with Gasteiger partial charge in [0.25, 0.3) is 5.91 Å². The van der Waals surface area contributed by atoms with Crippen LogP contribution in [0.25, 0.3) is 0 Å². The Labute approximate surface area is 195 Å². The first-order valence-corrected chi connectivity index (χ1v) is 12.0. The van der Waals surface area contributed by atoms with E-state index in [1.807, 2.05) is 25.1 Å². The van der Waals surface area contributed by atoms with Crippen molar-refractivity contribution in [2.24, 2.45) is 35.5 Å². The van der Waals surface area contributed by atoms with Crippen LogP contribution in [0.15, 0.2) is 59.1 Å². The maximum Gasteiger partial charge on any atom is 0.255 e. The van der Waals surface area contributed by atoms with E-state index in [2.05, 4.69) is 33.4 Å². The van der Waals surface area contributed by atoms with Crippen LogP contribution < -0.4 is 10.2 Å². The summed E-state index contributed by atoms with van der Waals surface area (Å²) >= 11 is 3.46. The molecule has 2 bridgehead atoms. The first kappa shape index (κ1) is 19.9.